The number of anilines is 2. The van der Waals surface area contributed by atoms with E-state index in [1.165, 1.54) is 19.3 Å². The van der Waals surface area contributed by atoms with Crippen molar-refractivity contribution in [2.45, 2.75) is 32.6 Å². The quantitative estimate of drug-likeness (QED) is 0.656. The first-order valence-corrected chi connectivity index (χ1v) is 7.66. The molecule has 2 aromatic heterocycles. The number of rotatable bonds is 6. The minimum atomic E-state index is 1.00. The maximum absolute atomic E-state index is 4.78. The Labute approximate surface area is 125 Å². The van der Waals surface area contributed by atoms with Crippen molar-refractivity contribution in [1.82, 2.24) is 9.38 Å². The fraction of sp³-hybridized carbons (Fsp3) is 0.278. The zero-order valence-corrected chi connectivity index (χ0v) is 12.4. The van der Waals surface area contributed by atoms with Crippen molar-refractivity contribution >= 4 is 17.2 Å². The topological polar surface area (TPSA) is 29.3 Å². The first kappa shape index (κ1) is 13.7. The van der Waals surface area contributed by atoms with Crippen molar-refractivity contribution in [2.24, 2.45) is 0 Å². The number of pyridine rings is 1. The molecule has 108 valence electrons. The predicted octanol–water partition coefficient (Wildman–Crippen LogP) is 4.81. The van der Waals surface area contributed by atoms with Crippen LogP contribution < -0.4 is 5.32 Å². The summed E-state index contributed by atoms with van der Waals surface area (Å²) in [5.41, 5.74) is 3.25. The number of hydrogen-bond donors (Lipinski definition) is 1. The van der Waals surface area contributed by atoms with Gasteiger partial charge in [0.25, 0.3) is 0 Å². The number of benzene rings is 1. The van der Waals surface area contributed by atoms with Crippen LogP contribution in [0, 0.1) is 0 Å². The van der Waals surface area contributed by atoms with E-state index in [9.17, 15) is 0 Å². The van der Waals surface area contributed by atoms with Crippen molar-refractivity contribution < 1.29 is 0 Å². The second-order valence-electron chi connectivity index (χ2n) is 5.28. The van der Waals surface area contributed by atoms with E-state index in [2.05, 4.69) is 41.0 Å². The van der Waals surface area contributed by atoms with E-state index >= 15 is 0 Å². The molecule has 0 saturated carbocycles. The molecule has 3 rings (SSSR count). The normalized spacial score (nSPS) is 10.9. The number of aryl methyl sites for hydroxylation is 1. The number of fused-ring (bicyclic) bond motifs is 1. The van der Waals surface area contributed by atoms with Crippen LogP contribution in [0.1, 0.15) is 31.9 Å². The number of nitrogens with zero attached hydrogens (tertiary/aromatic N) is 2. The molecule has 1 N–H and O–H groups in total. The Kier molecular flexibility index (Phi) is 4.20. The lowest BCUT2D eigenvalue weighted by Gasteiger charge is -2.08. The highest BCUT2D eigenvalue weighted by Gasteiger charge is 2.11. The Bertz CT molecular complexity index is 701. The summed E-state index contributed by atoms with van der Waals surface area (Å²) in [6.07, 6.45) is 6.75. The molecule has 1 aromatic carbocycles. The maximum atomic E-state index is 4.78. The van der Waals surface area contributed by atoms with Crippen molar-refractivity contribution in [2.75, 3.05) is 5.32 Å². The summed E-state index contributed by atoms with van der Waals surface area (Å²) in [5.74, 6) is 1.09. The van der Waals surface area contributed by atoms with Crippen LogP contribution in [0.15, 0.2) is 54.7 Å². The number of hydrogen-bond acceptors (Lipinski definition) is 2. The molecule has 21 heavy (non-hydrogen) atoms. The third-order valence-corrected chi connectivity index (χ3v) is 3.66. The van der Waals surface area contributed by atoms with Gasteiger partial charge in [0, 0.05) is 11.9 Å². The number of aromatic nitrogens is 2. The van der Waals surface area contributed by atoms with Crippen LogP contribution >= 0.6 is 0 Å². The van der Waals surface area contributed by atoms with Crippen LogP contribution in [0.2, 0.25) is 0 Å². The standard InChI is InChI=1S/C18H21N3/c1-2-3-5-12-16-18(19-15-10-6-4-7-11-15)21-14-9-8-13-17(21)20-16/h4,6-11,13-14,19H,2-3,5,12H2,1H3. The van der Waals surface area contributed by atoms with E-state index in [-0.39, 0.29) is 0 Å². The Morgan fingerprint density at radius 3 is 2.62 bits per heavy atom. The molecule has 0 atom stereocenters. The fourth-order valence-electron chi connectivity index (χ4n) is 2.55. The van der Waals surface area contributed by atoms with Crippen molar-refractivity contribution in [3.8, 4) is 0 Å². The average Bonchev–Trinajstić information content (AvgIpc) is 2.87. The van der Waals surface area contributed by atoms with Crippen molar-refractivity contribution in [3.05, 3.63) is 60.4 Å². The van der Waals surface area contributed by atoms with Gasteiger partial charge < -0.3 is 5.32 Å². The molecule has 0 amide bonds. The Morgan fingerprint density at radius 1 is 1.00 bits per heavy atom. The van der Waals surface area contributed by atoms with Gasteiger partial charge in [0.1, 0.15) is 11.5 Å². The van der Waals surface area contributed by atoms with Gasteiger partial charge in [0.05, 0.1) is 5.69 Å². The molecular formula is C18H21N3. The average molecular weight is 279 g/mol. The highest BCUT2D eigenvalue weighted by Crippen LogP contribution is 2.24. The van der Waals surface area contributed by atoms with Gasteiger partial charge in [-0.15, -0.1) is 0 Å². The summed E-state index contributed by atoms with van der Waals surface area (Å²) in [7, 11) is 0. The monoisotopic (exact) mass is 279 g/mol. The van der Waals surface area contributed by atoms with Gasteiger partial charge in [0.2, 0.25) is 0 Å². The summed E-state index contributed by atoms with van der Waals surface area (Å²) in [4.78, 5) is 4.78. The first-order valence-electron chi connectivity index (χ1n) is 7.66. The SMILES string of the molecule is CCCCCc1nc2ccccn2c1Nc1ccccc1. The van der Waals surface area contributed by atoms with Crippen LogP contribution in [-0.4, -0.2) is 9.38 Å². The molecule has 3 heteroatoms. The molecule has 0 spiro atoms. The minimum Gasteiger partial charge on any atom is -0.340 e. The summed E-state index contributed by atoms with van der Waals surface area (Å²) < 4.78 is 2.13. The van der Waals surface area contributed by atoms with Crippen LogP contribution in [0.4, 0.5) is 11.5 Å². The second-order valence-corrected chi connectivity index (χ2v) is 5.28. The van der Waals surface area contributed by atoms with Gasteiger partial charge in [-0.25, -0.2) is 4.98 Å². The highest BCUT2D eigenvalue weighted by molar-refractivity contribution is 5.63. The van der Waals surface area contributed by atoms with Gasteiger partial charge in [-0.2, -0.15) is 0 Å². The fourth-order valence-corrected chi connectivity index (χ4v) is 2.55. The minimum absolute atomic E-state index is 1.00. The first-order chi connectivity index (χ1) is 10.4. The number of nitrogens with one attached hydrogen (secondary N) is 1. The van der Waals surface area contributed by atoms with E-state index in [1.54, 1.807) is 0 Å². The lowest BCUT2D eigenvalue weighted by atomic mass is 10.1. The van der Waals surface area contributed by atoms with E-state index in [1.807, 2.05) is 30.3 Å². The van der Waals surface area contributed by atoms with Gasteiger partial charge in [-0.3, -0.25) is 4.40 Å². The molecule has 0 radical (unpaired) electrons. The second kappa shape index (κ2) is 6.44. The Hall–Kier alpha value is -2.29. The van der Waals surface area contributed by atoms with Crippen LogP contribution in [0.3, 0.4) is 0 Å². The van der Waals surface area contributed by atoms with Crippen LogP contribution in [-0.2, 0) is 6.42 Å². The molecule has 3 nitrogen and oxygen atoms in total. The zero-order valence-electron chi connectivity index (χ0n) is 12.4. The Morgan fingerprint density at radius 2 is 1.81 bits per heavy atom. The van der Waals surface area contributed by atoms with Gasteiger partial charge in [-0.05, 0) is 37.1 Å². The lowest BCUT2D eigenvalue weighted by Crippen LogP contribution is -1.98. The third kappa shape index (κ3) is 3.07. The summed E-state index contributed by atoms with van der Waals surface area (Å²) in [6.45, 7) is 2.23. The third-order valence-electron chi connectivity index (χ3n) is 3.66. The van der Waals surface area contributed by atoms with Gasteiger partial charge in [-0.1, -0.05) is 44.0 Å². The van der Waals surface area contributed by atoms with E-state index in [0.29, 0.717) is 0 Å². The largest absolute Gasteiger partial charge is 0.340 e. The predicted molar refractivity (Wildman–Crippen MR) is 88.1 cm³/mol. The molecule has 0 aliphatic heterocycles. The number of unbranched alkanes of at least 4 members (excludes halogenated alkanes) is 2. The lowest BCUT2D eigenvalue weighted by molar-refractivity contribution is 0.711. The molecule has 0 unspecified atom stereocenters. The molecule has 3 aromatic rings. The summed E-state index contributed by atoms with van der Waals surface area (Å²) in [5, 5.41) is 3.52. The number of para-hydroxylation sites is 1. The Balaban J connectivity index is 1.95. The van der Waals surface area contributed by atoms with Crippen molar-refractivity contribution in [1.29, 1.82) is 0 Å². The summed E-state index contributed by atoms with van der Waals surface area (Å²) >= 11 is 0. The van der Waals surface area contributed by atoms with Gasteiger partial charge >= 0.3 is 0 Å². The molecule has 0 fully saturated rings. The molecular weight excluding hydrogens is 258 g/mol. The van der Waals surface area contributed by atoms with Crippen molar-refractivity contribution in [3.63, 3.8) is 0 Å². The van der Waals surface area contributed by atoms with E-state index < -0.39 is 0 Å². The smallest absolute Gasteiger partial charge is 0.138 e. The van der Waals surface area contributed by atoms with Crippen LogP contribution in [0.5, 0.6) is 0 Å². The molecule has 0 aliphatic carbocycles. The molecule has 0 bridgehead atoms. The van der Waals surface area contributed by atoms with E-state index in [4.69, 9.17) is 4.98 Å². The highest BCUT2D eigenvalue weighted by atomic mass is 15.1. The number of imidazole rings is 1. The summed E-state index contributed by atoms with van der Waals surface area (Å²) in [6, 6.07) is 16.4. The zero-order chi connectivity index (χ0) is 14.5. The molecule has 0 aliphatic rings. The van der Waals surface area contributed by atoms with Gasteiger partial charge in [0.15, 0.2) is 0 Å². The molecule has 2 heterocycles. The van der Waals surface area contributed by atoms with E-state index in [0.717, 1.165) is 29.3 Å². The van der Waals surface area contributed by atoms with Crippen LogP contribution in [0.25, 0.3) is 5.65 Å². The molecule has 0 saturated heterocycles. The maximum Gasteiger partial charge on any atom is 0.138 e.